The third-order valence-electron chi connectivity index (χ3n) is 6.84. The molecule has 0 bridgehead atoms. The number of primary amides is 1. The van der Waals surface area contributed by atoms with Gasteiger partial charge in [-0.15, -0.1) is 0 Å². The second-order valence-electron chi connectivity index (χ2n) is 11.3. The minimum absolute atomic E-state index is 0.0135. The van der Waals surface area contributed by atoms with Crippen molar-refractivity contribution in [3.63, 3.8) is 0 Å². The van der Waals surface area contributed by atoms with Gasteiger partial charge in [0.2, 0.25) is 41.4 Å². The Hall–Kier alpha value is -3.40. The van der Waals surface area contributed by atoms with Crippen LogP contribution in [0.5, 0.6) is 0 Å². The average Bonchev–Trinajstić information content (AvgIpc) is 3.40. The molecule has 2 aliphatic heterocycles. The molecule has 2 saturated heterocycles. The summed E-state index contributed by atoms with van der Waals surface area (Å²) in [5.74, 6) is -4.36. The smallest absolute Gasteiger partial charge is 0.246 e. The van der Waals surface area contributed by atoms with Crippen molar-refractivity contribution in [2.24, 2.45) is 23.3 Å². The topological polar surface area (TPSA) is 235 Å². The predicted octanol–water partition coefficient (Wildman–Crippen LogP) is -3.07. The normalized spacial score (nSPS) is 23.4. The molecule has 7 amide bonds. The Morgan fingerprint density at radius 1 is 1.07 bits per heavy atom. The lowest BCUT2D eigenvalue weighted by Crippen LogP contribution is -2.57. The zero-order valence-corrected chi connectivity index (χ0v) is 25.4. The zero-order chi connectivity index (χ0) is 31.6. The van der Waals surface area contributed by atoms with E-state index >= 15 is 0 Å². The quantitative estimate of drug-likeness (QED) is 0.132. The second-order valence-corrected chi connectivity index (χ2v) is 12.4. The number of hydrogen-bond acceptors (Lipinski definition) is 9. The van der Waals surface area contributed by atoms with Crippen molar-refractivity contribution in [3.8, 4) is 0 Å². The highest BCUT2D eigenvalue weighted by molar-refractivity contribution is 7.99. The van der Waals surface area contributed by atoms with Crippen LogP contribution in [0.25, 0.3) is 0 Å². The highest BCUT2D eigenvalue weighted by atomic mass is 32.2. The van der Waals surface area contributed by atoms with Gasteiger partial charge in [-0.25, -0.2) is 0 Å². The molecule has 9 N–H and O–H groups in total. The van der Waals surface area contributed by atoms with Crippen LogP contribution in [0.3, 0.4) is 0 Å². The molecule has 2 aliphatic rings. The Morgan fingerprint density at radius 3 is 2.38 bits per heavy atom. The third kappa shape index (κ3) is 10.5. The van der Waals surface area contributed by atoms with Gasteiger partial charge in [0.25, 0.3) is 0 Å². The number of thioether (sulfide) groups is 1. The molecule has 0 saturated carbocycles. The van der Waals surface area contributed by atoms with Crippen molar-refractivity contribution >= 4 is 53.1 Å². The van der Waals surface area contributed by atoms with Crippen LogP contribution in [0.2, 0.25) is 0 Å². The van der Waals surface area contributed by atoms with Gasteiger partial charge in [-0.05, 0) is 31.1 Å². The minimum atomic E-state index is -1.15. The van der Waals surface area contributed by atoms with E-state index in [2.05, 4.69) is 26.6 Å². The second kappa shape index (κ2) is 16.3. The molecule has 42 heavy (non-hydrogen) atoms. The molecule has 0 unspecified atom stereocenters. The van der Waals surface area contributed by atoms with Crippen molar-refractivity contribution in [1.29, 1.82) is 0 Å². The molecule has 0 aromatic carbocycles. The molecular weight excluding hydrogens is 568 g/mol. The van der Waals surface area contributed by atoms with E-state index in [1.165, 1.54) is 4.90 Å². The van der Waals surface area contributed by atoms with Gasteiger partial charge in [-0.3, -0.25) is 33.6 Å². The third-order valence-corrected chi connectivity index (χ3v) is 7.98. The fourth-order valence-corrected chi connectivity index (χ4v) is 5.73. The molecule has 2 fully saturated rings. The number of rotatable bonds is 10. The van der Waals surface area contributed by atoms with E-state index in [1.54, 1.807) is 13.8 Å². The monoisotopic (exact) mass is 612 g/mol. The maximum Gasteiger partial charge on any atom is 0.246 e. The first-order valence-electron chi connectivity index (χ1n) is 14.1. The summed E-state index contributed by atoms with van der Waals surface area (Å²) in [5, 5.41) is 12.8. The summed E-state index contributed by atoms with van der Waals surface area (Å²) < 4.78 is 0. The Morgan fingerprint density at radius 2 is 1.76 bits per heavy atom. The van der Waals surface area contributed by atoms with E-state index in [0.717, 1.165) is 11.8 Å². The first kappa shape index (κ1) is 34.8. The number of nitrogens with one attached hydrogen (secondary N) is 5. The van der Waals surface area contributed by atoms with Crippen LogP contribution in [-0.4, -0.2) is 108 Å². The van der Waals surface area contributed by atoms with Crippen LogP contribution in [-0.2, 0) is 33.6 Å². The number of hydrogen-bond donors (Lipinski definition) is 7. The highest BCUT2D eigenvalue weighted by Crippen LogP contribution is 2.20. The van der Waals surface area contributed by atoms with Gasteiger partial charge in [0.1, 0.15) is 24.2 Å². The van der Waals surface area contributed by atoms with Gasteiger partial charge in [0, 0.05) is 18.1 Å². The Labute approximate surface area is 249 Å². The molecule has 16 heteroatoms. The average molecular weight is 613 g/mol. The van der Waals surface area contributed by atoms with Crippen LogP contribution in [0.15, 0.2) is 0 Å². The lowest BCUT2D eigenvalue weighted by molar-refractivity contribution is -0.141. The SMILES string of the molecule is CC(C)C[C@H](N)C(=O)N[C@@H]1CSC[C@@H](C(=O)N[C@H](C(=O)NCC(N)=O)C(C)C)NC(=O)CNC(=O)[C@@H]2CCCN2C1=O. The standard InChI is InChI=1S/C26H44N8O7S/c1-13(2)8-15(27)22(37)32-17-12-42-11-16(23(38)33-21(14(3)4)25(40)29-9-19(28)35)31-20(36)10-30-24(39)18-6-5-7-34(18)26(17)41/h13-18,21H,5-12,27H2,1-4H3,(H2,28,35)(H,29,40)(H,30,39)(H,31,36)(H,32,37)(H,33,38)/t15-,16-,17+,18-,21-/m0/s1. The van der Waals surface area contributed by atoms with Crippen LogP contribution in [0.1, 0.15) is 47.0 Å². The summed E-state index contributed by atoms with van der Waals surface area (Å²) >= 11 is 1.14. The lowest BCUT2D eigenvalue weighted by atomic mass is 10.0. The first-order chi connectivity index (χ1) is 19.7. The number of carbonyl (C=O) groups is 7. The maximum absolute atomic E-state index is 13.6. The van der Waals surface area contributed by atoms with Gasteiger partial charge >= 0.3 is 0 Å². The molecule has 15 nitrogen and oxygen atoms in total. The minimum Gasteiger partial charge on any atom is -0.368 e. The molecule has 0 aliphatic carbocycles. The molecule has 2 rings (SSSR count). The Bertz CT molecular complexity index is 1040. The van der Waals surface area contributed by atoms with Crippen molar-refractivity contribution in [1.82, 2.24) is 31.5 Å². The van der Waals surface area contributed by atoms with E-state index in [0.29, 0.717) is 25.8 Å². The number of nitrogens with zero attached hydrogens (tertiary/aromatic N) is 1. The van der Waals surface area contributed by atoms with Crippen molar-refractivity contribution < 1.29 is 33.6 Å². The summed E-state index contributed by atoms with van der Waals surface area (Å²) in [4.78, 5) is 90.4. The van der Waals surface area contributed by atoms with E-state index in [1.807, 2.05) is 13.8 Å². The van der Waals surface area contributed by atoms with E-state index < -0.39 is 84.6 Å². The van der Waals surface area contributed by atoms with E-state index in [4.69, 9.17) is 11.5 Å². The zero-order valence-electron chi connectivity index (χ0n) is 24.6. The molecule has 2 heterocycles. The van der Waals surface area contributed by atoms with Gasteiger partial charge < -0.3 is 43.0 Å². The predicted molar refractivity (Wildman–Crippen MR) is 155 cm³/mol. The molecule has 0 spiro atoms. The number of carbonyl (C=O) groups excluding carboxylic acids is 7. The summed E-state index contributed by atoms with van der Waals surface area (Å²) in [6.07, 6.45) is 1.40. The maximum atomic E-state index is 13.6. The van der Waals surface area contributed by atoms with E-state index in [-0.39, 0.29) is 23.3 Å². The fourth-order valence-electron chi connectivity index (χ4n) is 4.66. The van der Waals surface area contributed by atoms with Crippen LogP contribution in [0.4, 0.5) is 0 Å². The fraction of sp³-hybridized carbons (Fsp3) is 0.731. The summed E-state index contributed by atoms with van der Waals surface area (Å²) in [5.41, 5.74) is 11.1. The molecule has 0 aromatic rings. The molecule has 5 atom stereocenters. The van der Waals surface area contributed by atoms with Crippen molar-refractivity contribution in [2.75, 3.05) is 31.1 Å². The number of fused-ring (bicyclic) bond motifs is 1. The Kier molecular flexibility index (Phi) is 13.5. The number of amides is 7. The molecule has 0 radical (unpaired) electrons. The van der Waals surface area contributed by atoms with Crippen molar-refractivity contribution in [3.05, 3.63) is 0 Å². The lowest BCUT2D eigenvalue weighted by Gasteiger charge is -2.29. The van der Waals surface area contributed by atoms with Gasteiger partial charge in [-0.1, -0.05) is 27.7 Å². The van der Waals surface area contributed by atoms with Crippen molar-refractivity contribution in [2.45, 2.75) is 77.2 Å². The van der Waals surface area contributed by atoms with Gasteiger partial charge in [0.05, 0.1) is 19.1 Å². The molecule has 236 valence electrons. The van der Waals surface area contributed by atoms with E-state index in [9.17, 15) is 33.6 Å². The van der Waals surface area contributed by atoms with Crippen LogP contribution in [0, 0.1) is 11.8 Å². The highest BCUT2D eigenvalue weighted by Gasteiger charge is 2.39. The van der Waals surface area contributed by atoms with Crippen LogP contribution < -0.4 is 38.1 Å². The summed E-state index contributed by atoms with van der Waals surface area (Å²) in [6, 6.07) is -4.86. The largest absolute Gasteiger partial charge is 0.368 e. The Balaban J connectivity index is 2.26. The molecule has 0 aromatic heterocycles. The number of nitrogens with two attached hydrogens (primary N) is 2. The van der Waals surface area contributed by atoms with Gasteiger partial charge in [0.15, 0.2) is 0 Å². The summed E-state index contributed by atoms with van der Waals surface area (Å²) in [7, 11) is 0. The van der Waals surface area contributed by atoms with Crippen LogP contribution >= 0.6 is 11.8 Å². The first-order valence-corrected chi connectivity index (χ1v) is 15.2. The van der Waals surface area contributed by atoms with Gasteiger partial charge in [-0.2, -0.15) is 11.8 Å². The molecular formula is C26H44N8O7S. The summed E-state index contributed by atoms with van der Waals surface area (Å²) in [6.45, 7) is 6.71.